The summed E-state index contributed by atoms with van der Waals surface area (Å²) < 4.78 is 0. The predicted octanol–water partition coefficient (Wildman–Crippen LogP) is 6.30. The number of hydrogen-bond donors (Lipinski definition) is 0. The number of rotatable bonds is 0. The van der Waals surface area contributed by atoms with E-state index in [-0.39, 0.29) is 5.41 Å². The van der Waals surface area contributed by atoms with Gasteiger partial charge in [-0.25, -0.2) is 0 Å². The minimum Gasteiger partial charge on any atom is -0.0622 e. The van der Waals surface area contributed by atoms with Gasteiger partial charge in [0.1, 0.15) is 0 Å². The minimum absolute atomic E-state index is 0.151. The third-order valence-electron chi connectivity index (χ3n) is 4.68. The molecule has 0 aromatic heterocycles. The van der Waals surface area contributed by atoms with Crippen molar-refractivity contribution in [3.05, 3.63) is 95.1 Å². The molecule has 0 spiro atoms. The molecule has 0 bridgehead atoms. The molecule has 0 saturated heterocycles. The summed E-state index contributed by atoms with van der Waals surface area (Å²) in [6.07, 6.45) is 0. The molecule has 0 radical (unpaired) electrons. The smallest absolute Gasteiger partial charge is 0.0158 e. The highest BCUT2D eigenvalue weighted by Gasteiger charge is 2.34. The van der Waals surface area contributed by atoms with Gasteiger partial charge < -0.3 is 0 Å². The second-order valence-electron chi connectivity index (χ2n) is 6.87. The monoisotopic (exact) mass is 300 g/mol. The molecule has 0 saturated carbocycles. The van der Waals surface area contributed by atoms with Crippen LogP contribution in [0.25, 0.3) is 11.1 Å². The molecule has 0 nitrogen and oxygen atoms in total. The third-order valence-corrected chi connectivity index (χ3v) is 4.68. The first-order chi connectivity index (χ1) is 11.0. The zero-order valence-electron chi connectivity index (χ0n) is 14.4. The van der Waals surface area contributed by atoms with E-state index in [1.807, 2.05) is 18.2 Å². The van der Waals surface area contributed by atoms with Crippen LogP contribution in [0.5, 0.6) is 0 Å². The Balaban J connectivity index is 0.000000188. The van der Waals surface area contributed by atoms with Crippen molar-refractivity contribution in [3.63, 3.8) is 0 Å². The molecule has 0 unspecified atom stereocenters. The molecule has 0 atom stereocenters. The van der Waals surface area contributed by atoms with Crippen molar-refractivity contribution in [3.8, 4) is 11.1 Å². The number of benzene rings is 3. The van der Waals surface area contributed by atoms with E-state index in [4.69, 9.17) is 0 Å². The number of hydrogen-bond acceptors (Lipinski definition) is 0. The molecule has 0 aliphatic heterocycles. The fourth-order valence-electron chi connectivity index (χ4n) is 3.35. The lowest BCUT2D eigenvalue weighted by Crippen LogP contribution is -2.14. The van der Waals surface area contributed by atoms with Crippen molar-refractivity contribution in [2.75, 3.05) is 0 Å². The molecular weight excluding hydrogens is 276 g/mol. The van der Waals surface area contributed by atoms with Crippen LogP contribution in [-0.4, -0.2) is 0 Å². The van der Waals surface area contributed by atoms with Gasteiger partial charge >= 0.3 is 0 Å². The fraction of sp³-hybridized carbons (Fsp3) is 0.217. The third kappa shape index (κ3) is 2.94. The molecule has 3 aromatic rings. The van der Waals surface area contributed by atoms with Crippen LogP contribution >= 0.6 is 0 Å². The van der Waals surface area contributed by atoms with E-state index in [2.05, 4.69) is 82.3 Å². The van der Waals surface area contributed by atoms with Crippen molar-refractivity contribution in [2.24, 2.45) is 0 Å². The quantitative estimate of drug-likeness (QED) is 0.457. The zero-order chi connectivity index (χ0) is 16.4. The molecule has 4 rings (SSSR count). The van der Waals surface area contributed by atoms with Gasteiger partial charge in [-0.05, 0) is 36.1 Å². The van der Waals surface area contributed by atoms with Crippen molar-refractivity contribution < 1.29 is 0 Å². The number of fused-ring (bicyclic) bond motifs is 3. The van der Waals surface area contributed by atoms with Crippen molar-refractivity contribution in [1.82, 2.24) is 0 Å². The van der Waals surface area contributed by atoms with Crippen molar-refractivity contribution >= 4 is 0 Å². The second-order valence-corrected chi connectivity index (χ2v) is 6.87. The first-order valence-electron chi connectivity index (χ1n) is 8.23. The van der Waals surface area contributed by atoms with Crippen molar-refractivity contribution in [2.45, 2.75) is 33.1 Å². The second kappa shape index (κ2) is 6.04. The topological polar surface area (TPSA) is 0 Å². The lowest BCUT2D eigenvalue weighted by Gasteiger charge is -2.21. The van der Waals surface area contributed by atoms with Gasteiger partial charge in [0.25, 0.3) is 0 Å². The van der Waals surface area contributed by atoms with Crippen molar-refractivity contribution in [1.29, 1.82) is 0 Å². The van der Waals surface area contributed by atoms with E-state index in [1.54, 1.807) is 0 Å². The van der Waals surface area contributed by atoms with Crippen LogP contribution < -0.4 is 0 Å². The normalized spacial score (nSPS) is 13.6. The van der Waals surface area contributed by atoms with Crippen LogP contribution in [0.15, 0.2) is 72.8 Å². The molecule has 1 aliphatic rings. The van der Waals surface area contributed by atoms with Gasteiger partial charge in [0, 0.05) is 5.41 Å². The summed E-state index contributed by atoms with van der Waals surface area (Å²) in [5, 5.41) is 0. The van der Waals surface area contributed by atoms with Gasteiger partial charge in [0.2, 0.25) is 0 Å². The van der Waals surface area contributed by atoms with Crippen LogP contribution in [-0.2, 0) is 5.41 Å². The van der Waals surface area contributed by atoms with Crippen LogP contribution in [0.2, 0.25) is 0 Å². The van der Waals surface area contributed by atoms with Crippen LogP contribution in [0.4, 0.5) is 0 Å². The summed E-state index contributed by atoms with van der Waals surface area (Å²) in [7, 11) is 0. The summed E-state index contributed by atoms with van der Waals surface area (Å²) in [5.74, 6) is 0. The van der Waals surface area contributed by atoms with E-state index in [9.17, 15) is 0 Å². The summed E-state index contributed by atoms with van der Waals surface area (Å²) in [6, 6.07) is 25.8. The molecule has 23 heavy (non-hydrogen) atoms. The highest BCUT2D eigenvalue weighted by molar-refractivity contribution is 5.80. The molecule has 116 valence electrons. The maximum absolute atomic E-state index is 2.33. The Morgan fingerprint density at radius 3 is 1.83 bits per heavy atom. The van der Waals surface area contributed by atoms with Gasteiger partial charge in [0.05, 0.1) is 0 Å². The molecule has 0 heteroatoms. The molecule has 1 aliphatic carbocycles. The first kappa shape index (κ1) is 15.6. The summed E-state index contributed by atoms with van der Waals surface area (Å²) in [6.45, 7) is 8.88. The van der Waals surface area contributed by atoms with E-state index < -0.39 is 0 Å². The number of aryl methyl sites for hydroxylation is 2. The summed E-state index contributed by atoms with van der Waals surface area (Å²) >= 11 is 0. The predicted molar refractivity (Wildman–Crippen MR) is 99.9 cm³/mol. The average molecular weight is 300 g/mol. The highest BCUT2D eigenvalue weighted by Crippen LogP contribution is 2.48. The van der Waals surface area contributed by atoms with E-state index in [0.717, 1.165) is 0 Å². The van der Waals surface area contributed by atoms with E-state index in [1.165, 1.54) is 33.4 Å². The zero-order valence-corrected chi connectivity index (χ0v) is 14.4. The Kier molecular flexibility index (Phi) is 4.09. The Hall–Kier alpha value is -2.34. The first-order valence-corrected chi connectivity index (χ1v) is 8.23. The summed E-state index contributed by atoms with van der Waals surface area (Å²) in [5.41, 5.74) is 8.55. The Labute approximate surface area is 139 Å². The SMILES string of the molecule is Cc1ccc2c(c1)C(C)(C)c1ccccc1-2.Cc1ccccc1. The standard InChI is InChI=1S/C16H16.C7H8/c1-11-8-9-13-12-6-4-5-7-14(12)16(2,3)15(13)10-11;1-7-5-3-2-4-6-7/h4-10H,1-3H3;2-6H,1H3. The fourth-order valence-corrected chi connectivity index (χ4v) is 3.35. The largest absolute Gasteiger partial charge is 0.0622 e. The van der Waals surface area contributed by atoms with Gasteiger partial charge in [-0.3, -0.25) is 0 Å². The maximum atomic E-state index is 2.33. The Bertz CT molecular complexity index is 810. The molecule has 0 fully saturated rings. The summed E-state index contributed by atoms with van der Waals surface area (Å²) in [4.78, 5) is 0. The van der Waals surface area contributed by atoms with Crippen LogP contribution in [0.1, 0.15) is 36.1 Å². The van der Waals surface area contributed by atoms with Gasteiger partial charge in [-0.2, -0.15) is 0 Å². The maximum Gasteiger partial charge on any atom is 0.0158 e. The molecule has 0 amide bonds. The molecule has 3 aromatic carbocycles. The van der Waals surface area contributed by atoms with E-state index >= 15 is 0 Å². The Morgan fingerprint density at radius 1 is 0.565 bits per heavy atom. The van der Waals surface area contributed by atoms with Gasteiger partial charge in [0.15, 0.2) is 0 Å². The van der Waals surface area contributed by atoms with Crippen LogP contribution in [0, 0.1) is 13.8 Å². The van der Waals surface area contributed by atoms with Gasteiger partial charge in [-0.1, -0.05) is 97.8 Å². The highest BCUT2D eigenvalue weighted by atomic mass is 14.4. The lowest BCUT2D eigenvalue weighted by molar-refractivity contribution is 0.660. The Morgan fingerprint density at radius 2 is 1.17 bits per heavy atom. The molecule has 0 N–H and O–H groups in total. The molecule has 0 heterocycles. The molecular formula is C23H24. The van der Waals surface area contributed by atoms with Gasteiger partial charge in [-0.15, -0.1) is 0 Å². The minimum atomic E-state index is 0.151. The lowest BCUT2D eigenvalue weighted by atomic mass is 9.82. The van der Waals surface area contributed by atoms with E-state index in [0.29, 0.717) is 0 Å². The van der Waals surface area contributed by atoms with Crippen LogP contribution in [0.3, 0.4) is 0 Å². The average Bonchev–Trinajstić information content (AvgIpc) is 2.77.